The normalized spacial score (nSPS) is 13.1. The number of sulfonamides is 1. The zero-order chi connectivity index (χ0) is 23.2. The highest BCUT2D eigenvalue weighted by Gasteiger charge is 2.32. The number of aromatic nitrogens is 1. The predicted molar refractivity (Wildman–Crippen MR) is 128 cm³/mol. The number of benzene rings is 2. The first kappa shape index (κ1) is 23.9. The summed E-state index contributed by atoms with van der Waals surface area (Å²) in [5, 5.41) is 8.73. The van der Waals surface area contributed by atoms with Gasteiger partial charge in [0.1, 0.15) is 5.25 Å². The smallest absolute Gasteiger partial charge is 0.225 e. The van der Waals surface area contributed by atoms with Gasteiger partial charge < -0.3 is 5.11 Å². The van der Waals surface area contributed by atoms with Crippen molar-refractivity contribution in [2.45, 2.75) is 37.6 Å². The Labute approximate surface area is 191 Å². The van der Waals surface area contributed by atoms with Gasteiger partial charge in [-0.1, -0.05) is 80.6 Å². The summed E-state index contributed by atoms with van der Waals surface area (Å²) < 4.78 is 29.0. The molecule has 0 radical (unpaired) electrons. The molecule has 0 saturated carbocycles. The lowest BCUT2D eigenvalue weighted by Gasteiger charge is -2.27. The molecular weight excluding hydrogens is 420 g/mol. The van der Waals surface area contributed by atoms with Crippen LogP contribution in [0.3, 0.4) is 0 Å². The fourth-order valence-corrected chi connectivity index (χ4v) is 5.22. The monoisotopic (exact) mass is 450 g/mol. The highest BCUT2D eigenvalue weighted by atomic mass is 32.2. The van der Waals surface area contributed by atoms with Crippen molar-refractivity contribution in [1.82, 2.24) is 9.29 Å². The molecule has 168 valence electrons. The zero-order valence-corrected chi connectivity index (χ0v) is 19.4. The molecule has 6 heteroatoms. The summed E-state index contributed by atoms with van der Waals surface area (Å²) in [6.07, 6.45) is 4.64. The van der Waals surface area contributed by atoms with Gasteiger partial charge in [0, 0.05) is 30.9 Å². The number of nitrogens with zero attached hydrogens (tertiary/aromatic N) is 2. The van der Waals surface area contributed by atoms with E-state index in [1.807, 2.05) is 68.4 Å². The van der Waals surface area contributed by atoms with Crippen LogP contribution in [0.4, 0.5) is 0 Å². The first-order valence-electron chi connectivity index (χ1n) is 10.5. The summed E-state index contributed by atoms with van der Waals surface area (Å²) in [4.78, 5) is 4.08. The predicted octanol–water partition coefficient (Wildman–Crippen LogP) is 4.61. The van der Waals surface area contributed by atoms with Crippen LogP contribution < -0.4 is 0 Å². The topological polar surface area (TPSA) is 70.5 Å². The van der Waals surface area contributed by atoms with Crippen molar-refractivity contribution in [3.8, 4) is 0 Å². The molecule has 3 aromatic rings. The van der Waals surface area contributed by atoms with E-state index in [2.05, 4.69) is 11.6 Å². The summed E-state index contributed by atoms with van der Waals surface area (Å²) in [6.45, 7) is 8.24. The Bertz CT molecular complexity index is 1110. The maximum atomic E-state index is 13.7. The standard InChI is InChI=1S/C26H30N2O3S/c1-4-25(23-11-8-16-27-17-23)32(30,31)28(18-21-9-6-5-7-10-21)19-22-12-14-24(15-13-22)26(2,3)20-29/h4-17,25,29H,1,18-20H2,2-3H3. The number of rotatable bonds is 10. The Morgan fingerprint density at radius 1 is 1.00 bits per heavy atom. The van der Waals surface area contributed by atoms with Crippen LogP contribution in [0.25, 0.3) is 0 Å². The van der Waals surface area contributed by atoms with E-state index >= 15 is 0 Å². The molecule has 1 aromatic heterocycles. The molecule has 1 unspecified atom stereocenters. The van der Waals surface area contributed by atoms with Crippen molar-refractivity contribution in [2.75, 3.05) is 6.61 Å². The van der Waals surface area contributed by atoms with Crippen LogP contribution in [0.1, 0.15) is 41.4 Å². The minimum Gasteiger partial charge on any atom is -0.395 e. The van der Waals surface area contributed by atoms with Crippen LogP contribution in [-0.2, 0) is 28.5 Å². The molecule has 0 saturated heterocycles. The van der Waals surface area contributed by atoms with Gasteiger partial charge in [-0.25, -0.2) is 8.42 Å². The first-order valence-corrected chi connectivity index (χ1v) is 12.0. The summed E-state index contributed by atoms with van der Waals surface area (Å²) in [7, 11) is -3.77. The van der Waals surface area contributed by atoms with Crippen LogP contribution in [0, 0.1) is 0 Å². The van der Waals surface area contributed by atoms with E-state index in [-0.39, 0.29) is 25.1 Å². The van der Waals surface area contributed by atoms with E-state index in [9.17, 15) is 13.5 Å². The first-order chi connectivity index (χ1) is 15.3. The van der Waals surface area contributed by atoms with Crippen molar-refractivity contribution < 1.29 is 13.5 Å². The van der Waals surface area contributed by atoms with Gasteiger partial charge in [-0.3, -0.25) is 4.98 Å². The number of aliphatic hydroxyl groups excluding tert-OH is 1. The van der Waals surface area contributed by atoms with Gasteiger partial charge >= 0.3 is 0 Å². The number of hydrogen-bond donors (Lipinski definition) is 1. The lowest BCUT2D eigenvalue weighted by molar-refractivity contribution is 0.218. The Hall–Kier alpha value is -2.80. The molecule has 2 aromatic carbocycles. The molecule has 3 rings (SSSR count). The Balaban J connectivity index is 1.95. The summed E-state index contributed by atoms with van der Waals surface area (Å²) in [6, 6.07) is 20.8. The van der Waals surface area contributed by atoms with E-state index in [1.165, 1.54) is 10.4 Å². The Kier molecular flexibility index (Phi) is 7.61. The molecule has 32 heavy (non-hydrogen) atoms. The summed E-state index contributed by atoms with van der Waals surface area (Å²) in [5.41, 5.74) is 3.00. The quantitative estimate of drug-likeness (QED) is 0.458. The van der Waals surface area contributed by atoms with Gasteiger partial charge in [-0.05, 0) is 28.3 Å². The number of pyridine rings is 1. The second kappa shape index (κ2) is 10.2. The van der Waals surface area contributed by atoms with E-state index in [1.54, 1.807) is 24.5 Å². The number of aliphatic hydroxyl groups is 1. The van der Waals surface area contributed by atoms with Crippen LogP contribution in [0.15, 0.2) is 91.8 Å². The van der Waals surface area contributed by atoms with Gasteiger partial charge in [0.2, 0.25) is 10.0 Å². The van der Waals surface area contributed by atoms with Crippen molar-refractivity contribution in [3.05, 3.63) is 114 Å². The van der Waals surface area contributed by atoms with Gasteiger partial charge in [-0.15, -0.1) is 6.58 Å². The van der Waals surface area contributed by atoms with Gasteiger partial charge in [-0.2, -0.15) is 4.31 Å². The van der Waals surface area contributed by atoms with E-state index in [0.717, 1.165) is 16.7 Å². The molecule has 0 amide bonds. The lowest BCUT2D eigenvalue weighted by Crippen LogP contribution is -2.33. The van der Waals surface area contributed by atoms with Gasteiger partial charge in [0.05, 0.1) is 6.61 Å². The van der Waals surface area contributed by atoms with Gasteiger partial charge in [0.15, 0.2) is 0 Å². The third-order valence-corrected chi connectivity index (χ3v) is 7.68. The maximum Gasteiger partial charge on any atom is 0.225 e. The summed E-state index contributed by atoms with van der Waals surface area (Å²) in [5.74, 6) is 0. The lowest BCUT2D eigenvalue weighted by atomic mass is 9.85. The molecule has 1 N–H and O–H groups in total. The third-order valence-electron chi connectivity index (χ3n) is 5.60. The average molecular weight is 451 g/mol. The average Bonchev–Trinajstić information content (AvgIpc) is 2.81. The molecule has 1 atom stereocenters. The second-order valence-corrected chi connectivity index (χ2v) is 10.5. The largest absolute Gasteiger partial charge is 0.395 e. The molecular formula is C26H30N2O3S. The van der Waals surface area contributed by atoms with Gasteiger partial charge in [0.25, 0.3) is 0 Å². The fourth-order valence-electron chi connectivity index (χ4n) is 3.51. The van der Waals surface area contributed by atoms with Crippen molar-refractivity contribution in [1.29, 1.82) is 0 Å². The van der Waals surface area contributed by atoms with Crippen LogP contribution in [0.2, 0.25) is 0 Å². The molecule has 0 aliphatic heterocycles. The minimum atomic E-state index is -3.77. The van der Waals surface area contributed by atoms with Crippen molar-refractivity contribution in [2.24, 2.45) is 0 Å². The second-order valence-electron chi connectivity index (χ2n) is 8.48. The number of hydrogen-bond acceptors (Lipinski definition) is 4. The summed E-state index contributed by atoms with van der Waals surface area (Å²) >= 11 is 0. The third kappa shape index (κ3) is 5.51. The van der Waals surface area contributed by atoms with E-state index in [4.69, 9.17) is 0 Å². The van der Waals surface area contributed by atoms with Crippen molar-refractivity contribution in [3.63, 3.8) is 0 Å². The molecule has 0 bridgehead atoms. The Morgan fingerprint density at radius 3 is 2.16 bits per heavy atom. The van der Waals surface area contributed by atoms with Crippen LogP contribution >= 0.6 is 0 Å². The highest BCUT2D eigenvalue weighted by molar-refractivity contribution is 7.89. The van der Waals surface area contributed by atoms with Crippen LogP contribution in [0.5, 0.6) is 0 Å². The van der Waals surface area contributed by atoms with E-state index < -0.39 is 15.3 Å². The van der Waals surface area contributed by atoms with Crippen LogP contribution in [-0.4, -0.2) is 29.4 Å². The van der Waals surface area contributed by atoms with Crippen molar-refractivity contribution >= 4 is 10.0 Å². The zero-order valence-electron chi connectivity index (χ0n) is 18.6. The molecule has 5 nitrogen and oxygen atoms in total. The SMILES string of the molecule is C=CC(c1cccnc1)S(=O)(=O)N(Cc1ccccc1)Cc1ccc(C(C)(C)CO)cc1. The highest BCUT2D eigenvalue weighted by Crippen LogP contribution is 2.29. The Morgan fingerprint density at radius 2 is 1.62 bits per heavy atom. The van der Waals surface area contributed by atoms with E-state index in [0.29, 0.717) is 5.56 Å². The molecule has 0 fully saturated rings. The molecule has 1 heterocycles. The fraction of sp³-hybridized carbons (Fsp3) is 0.269. The molecule has 0 aliphatic carbocycles. The maximum absolute atomic E-state index is 13.7. The molecule has 0 aliphatic rings. The molecule has 0 spiro atoms. The minimum absolute atomic E-state index is 0.0347.